The molecule has 0 saturated heterocycles. The van der Waals surface area contributed by atoms with Crippen LogP contribution in [0.15, 0.2) is 194 Å². The predicted octanol–water partition coefficient (Wildman–Crippen LogP) is 13.7. The number of para-hydroxylation sites is 1. The lowest BCUT2D eigenvalue weighted by Gasteiger charge is -2.10. The summed E-state index contributed by atoms with van der Waals surface area (Å²) in [4.78, 5) is 14.9. The first kappa shape index (κ1) is 32.2. The van der Waals surface area contributed by atoms with E-state index in [-0.39, 0.29) is 0 Å². The van der Waals surface area contributed by atoms with Crippen LogP contribution in [0, 0.1) is 0 Å². The van der Waals surface area contributed by atoms with Gasteiger partial charge in [-0.3, -0.25) is 0 Å². The average molecular weight is 733 g/mol. The quantitative estimate of drug-likeness (QED) is 0.171. The van der Waals surface area contributed by atoms with E-state index in [2.05, 4.69) is 138 Å². The van der Waals surface area contributed by atoms with Gasteiger partial charge in [-0.15, -0.1) is 11.3 Å². The van der Waals surface area contributed by atoms with E-state index >= 15 is 0 Å². The van der Waals surface area contributed by atoms with Gasteiger partial charge in [0.2, 0.25) is 0 Å². The molecular weight excluding hydrogens is 701 g/mol. The van der Waals surface area contributed by atoms with Gasteiger partial charge in [-0.2, -0.15) is 0 Å². The Balaban J connectivity index is 1.03. The summed E-state index contributed by atoms with van der Waals surface area (Å²) in [6.07, 6.45) is 0. The normalized spacial score (nSPS) is 11.6. The Hall–Kier alpha value is -7.21. The minimum Gasteiger partial charge on any atom is -0.309 e. The van der Waals surface area contributed by atoms with E-state index in [1.165, 1.54) is 64.2 Å². The molecule has 0 unspecified atom stereocenters. The van der Waals surface area contributed by atoms with Crippen molar-refractivity contribution in [2.75, 3.05) is 0 Å². The van der Waals surface area contributed by atoms with E-state index in [4.69, 9.17) is 15.0 Å². The van der Waals surface area contributed by atoms with Crippen molar-refractivity contribution in [3.63, 3.8) is 0 Å². The molecule has 5 heteroatoms. The Bertz CT molecular complexity index is 3160. The zero-order chi connectivity index (χ0) is 37.0. The lowest BCUT2D eigenvalue weighted by atomic mass is 10.0. The van der Waals surface area contributed by atoms with Crippen molar-refractivity contribution >= 4 is 53.3 Å². The number of nitrogens with zero attached hydrogens (tertiary/aromatic N) is 4. The standard InChI is InChI=1S/C51H32N4S/c1-4-12-33(13-5-1)34-20-25-40(26-21-34)55-45-19-11-10-18-41(45)42-27-22-38(32-46(42)55)37-23-28-47-43(30-37)44-31-39(24-29-48(44)56-47)51-53-49(35-14-6-2-7-15-35)52-50(54-51)36-16-8-3-9-17-36/h1-32H. The number of hydrogen-bond donors (Lipinski definition) is 0. The number of aromatic nitrogens is 4. The Morgan fingerprint density at radius 1 is 0.304 bits per heavy atom. The first-order valence-electron chi connectivity index (χ1n) is 18.8. The van der Waals surface area contributed by atoms with Gasteiger partial charge >= 0.3 is 0 Å². The minimum atomic E-state index is 0.658. The summed E-state index contributed by atoms with van der Waals surface area (Å²) in [6.45, 7) is 0. The molecule has 0 aliphatic carbocycles. The van der Waals surface area contributed by atoms with Crippen molar-refractivity contribution in [2.45, 2.75) is 0 Å². The second-order valence-corrected chi connectivity index (χ2v) is 15.1. The van der Waals surface area contributed by atoms with Gasteiger partial charge in [0.15, 0.2) is 17.5 Å². The molecule has 0 atom stereocenters. The summed E-state index contributed by atoms with van der Waals surface area (Å²) in [5.41, 5.74) is 11.2. The highest BCUT2D eigenvalue weighted by Gasteiger charge is 2.17. The van der Waals surface area contributed by atoms with Crippen molar-refractivity contribution in [3.05, 3.63) is 194 Å². The van der Waals surface area contributed by atoms with Gasteiger partial charge in [-0.05, 0) is 76.9 Å². The summed E-state index contributed by atoms with van der Waals surface area (Å²) >= 11 is 1.82. The van der Waals surface area contributed by atoms with E-state index < -0.39 is 0 Å². The molecule has 0 saturated carbocycles. The maximum atomic E-state index is 5.01. The monoisotopic (exact) mass is 732 g/mol. The first-order valence-corrected chi connectivity index (χ1v) is 19.6. The van der Waals surface area contributed by atoms with Gasteiger partial charge in [-0.1, -0.05) is 140 Å². The fourth-order valence-electron chi connectivity index (χ4n) is 7.90. The van der Waals surface area contributed by atoms with E-state index in [0.29, 0.717) is 17.5 Å². The topological polar surface area (TPSA) is 43.6 Å². The Labute approximate surface area is 327 Å². The SMILES string of the molecule is c1ccc(-c2ccc(-n3c4ccccc4c4ccc(-c5ccc6sc7ccc(-c8nc(-c9ccccc9)nc(-c9ccccc9)n8)cc7c6c5)cc43)cc2)cc1. The van der Waals surface area contributed by atoms with Gasteiger partial charge in [0.1, 0.15) is 0 Å². The van der Waals surface area contributed by atoms with Crippen LogP contribution >= 0.6 is 11.3 Å². The highest BCUT2D eigenvalue weighted by Crippen LogP contribution is 2.40. The lowest BCUT2D eigenvalue weighted by molar-refractivity contribution is 1.07. The van der Waals surface area contributed by atoms with Crippen molar-refractivity contribution in [2.24, 2.45) is 0 Å². The fourth-order valence-corrected chi connectivity index (χ4v) is 8.96. The molecule has 0 spiro atoms. The molecule has 8 aromatic carbocycles. The third-order valence-corrected chi connectivity index (χ3v) is 11.8. The molecule has 11 rings (SSSR count). The summed E-state index contributed by atoms with van der Waals surface area (Å²) in [6, 6.07) is 68.8. The van der Waals surface area contributed by atoms with Crippen molar-refractivity contribution in [1.82, 2.24) is 19.5 Å². The van der Waals surface area contributed by atoms with Crippen LogP contribution in [0.4, 0.5) is 0 Å². The van der Waals surface area contributed by atoms with Crippen molar-refractivity contribution < 1.29 is 0 Å². The molecule has 11 aromatic rings. The predicted molar refractivity (Wildman–Crippen MR) is 234 cm³/mol. The van der Waals surface area contributed by atoms with Crippen LogP contribution in [0.3, 0.4) is 0 Å². The zero-order valence-electron chi connectivity index (χ0n) is 30.2. The minimum absolute atomic E-state index is 0.658. The third-order valence-electron chi connectivity index (χ3n) is 10.7. The van der Waals surface area contributed by atoms with E-state index in [1.54, 1.807) is 0 Å². The number of rotatable bonds is 6. The molecule has 0 amide bonds. The highest BCUT2D eigenvalue weighted by molar-refractivity contribution is 7.25. The van der Waals surface area contributed by atoms with E-state index in [9.17, 15) is 0 Å². The lowest BCUT2D eigenvalue weighted by Crippen LogP contribution is -2.00. The molecule has 0 fully saturated rings. The third kappa shape index (κ3) is 5.56. The van der Waals surface area contributed by atoms with Gasteiger partial charge in [0.05, 0.1) is 11.0 Å². The van der Waals surface area contributed by atoms with Gasteiger partial charge in [-0.25, -0.2) is 15.0 Å². The second kappa shape index (κ2) is 13.3. The van der Waals surface area contributed by atoms with Crippen LogP contribution in [-0.2, 0) is 0 Å². The maximum Gasteiger partial charge on any atom is 0.164 e. The van der Waals surface area contributed by atoms with E-state index in [1.807, 2.05) is 72.0 Å². The van der Waals surface area contributed by atoms with Gasteiger partial charge in [0.25, 0.3) is 0 Å². The molecule has 0 aliphatic heterocycles. The van der Waals surface area contributed by atoms with Crippen LogP contribution in [0.2, 0.25) is 0 Å². The van der Waals surface area contributed by atoms with Crippen molar-refractivity contribution in [3.8, 4) is 62.1 Å². The van der Waals surface area contributed by atoms with Crippen molar-refractivity contribution in [1.29, 1.82) is 0 Å². The molecule has 3 heterocycles. The van der Waals surface area contributed by atoms with E-state index in [0.717, 1.165) is 22.4 Å². The molecular formula is C51H32N4S. The van der Waals surface area contributed by atoms with Gasteiger partial charge in [0, 0.05) is 53.3 Å². The van der Waals surface area contributed by atoms with Crippen LogP contribution in [0.5, 0.6) is 0 Å². The molecule has 4 nitrogen and oxygen atoms in total. The average Bonchev–Trinajstić information content (AvgIpc) is 3.82. The number of benzene rings is 8. The summed E-state index contributed by atoms with van der Waals surface area (Å²) < 4.78 is 4.88. The maximum absolute atomic E-state index is 5.01. The number of hydrogen-bond acceptors (Lipinski definition) is 4. The molecule has 262 valence electrons. The summed E-state index contributed by atoms with van der Waals surface area (Å²) in [7, 11) is 0. The first-order chi connectivity index (χ1) is 27.7. The largest absolute Gasteiger partial charge is 0.309 e. The van der Waals surface area contributed by atoms with Gasteiger partial charge < -0.3 is 4.57 Å². The zero-order valence-corrected chi connectivity index (χ0v) is 31.0. The van der Waals surface area contributed by atoms with Crippen LogP contribution in [0.25, 0.3) is 104 Å². The molecule has 56 heavy (non-hydrogen) atoms. The Kier molecular flexibility index (Phi) is 7.64. The number of thiophene rings is 1. The molecule has 0 radical (unpaired) electrons. The molecule has 0 aliphatic rings. The molecule has 3 aromatic heterocycles. The fraction of sp³-hybridized carbons (Fsp3) is 0. The van der Waals surface area contributed by atoms with Crippen LogP contribution < -0.4 is 0 Å². The number of fused-ring (bicyclic) bond motifs is 6. The summed E-state index contributed by atoms with van der Waals surface area (Å²) in [5, 5.41) is 4.91. The highest BCUT2D eigenvalue weighted by atomic mass is 32.1. The molecule has 0 bridgehead atoms. The van der Waals surface area contributed by atoms with Crippen LogP contribution in [-0.4, -0.2) is 19.5 Å². The smallest absolute Gasteiger partial charge is 0.164 e. The second-order valence-electron chi connectivity index (χ2n) is 14.1. The Morgan fingerprint density at radius 2 is 0.750 bits per heavy atom. The molecule has 0 N–H and O–H groups in total. The Morgan fingerprint density at radius 3 is 1.39 bits per heavy atom. The summed E-state index contributed by atoms with van der Waals surface area (Å²) in [5.74, 6) is 1.98. The van der Waals surface area contributed by atoms with Crippen LogP contribution in [0.1, 0.15) is 0 Å².